The van der Waals surface area contributed by atoms with Gasteiger partial charge in [0.25, 0.3) is 0 Å². The lowest BCUT2D eigenvalue weighted by Crippen LogP contribution is -2.39. The summed E-state index contributed by atoms with van der Waals surface area (Å²) in [5.74, 6) is 0.442. The van der Waals surface area contributed by atoms with E-state index in [2.05, 4.69) is 10.6 Å². The smallest absolute Gasteiger partial charge is 0.314 e. The van der Waals surface area contributed by atoms with Gasteiger partial charge in [-0.25, -0.2) is 4.79 Å². The molecule has 0 spiro atoms. The fourth-order valence-electron chi connectivity index (χ4n) is 2.63. The number of hydrogen-bond donors (Lipinski definition) is 3. The molecular weight excluding hydrogens is 284 g/mol. The van der Waals surface area contributed by atoms with E-state index in [0.29, 0.717) is 25.0 Å². The highest BCUT2D eigenvalue weighted by Gasteiger charge is 2.13. The fraction of sp³-hybridized carbons (Fsp3) is 0.688. The highest BCUT2D eigenvalue weighted by molar-refractivity contribution is 5.73. The SMILES string of the molecule is O=C(NCCOC1CCCCCC1)NCC(O)c1ccco1. The summed E-state index contributed by atoms with van der Waals surface area (Å²) in [5.41, 5.74) is 0. The third-order valence-corrected chi connectivity index (χ3v) is 3.87. The molecule has 1 fully saturated rings. The molecule has 22 heavy (non-hydrogen) atoms. The second kappa shape index (κ2) is 9.48. The molecule has 1 atom stereocenters. The van der Waals surface area contributed by atoms with Crippen molar-refractivity contribution in [2.75, 3.05) is 19.7 Å². The van der Waals surface area contributed by atoms with Crippen LogP contribution in [0.1, 0.15) is 50.4 Å². The van der Waals surface area contributed by atoms with Crippen molar-refractivity contribution in [1.29, 1.82) is 0 Å². The molecule has 1 heterocycles. The molecule has 1 unspecified atom stereocenters. The van der Waals surface area contributed by atoms with Crippen molar-refractivity contribution in [2.24, 2.45) is 0 Å². The first kappa shape index (κ1) is 16.8. The maximum atomic E-state index is 11.6. The third kappa shape index (κ3) is 6.07. The second-order valence-corrected chi connectivity index (χ2v) is 5.65. The van der Waals surface area contributed by atoms with Gasteiger partial charge in [0, 0.05) is 6.54 Å². The number of aliphatic hydroxyl groups is 1. The quantitative estimate of drug-likeness (QED) is 0.533. The molecule has 0 radical (unpaired) electrons. The van der Waals surface area contributed by atoms with E-state index in [1.165, 1.54) is 31.9 Å². The van der Waals surface area contributed by atoms with Crippen LogP contribution in [0.2, 0.25) is 0 Å². The lowest BCUT2D eigenvalue weighted by atomic mass is 10.1. The Morgan fingerprint density at radius 2 is 2.09 bits per heavy atom. The molecule has 0 bridgehead atoms. The van der Waals surface area contributed by atoms with Gasteiger partial charge in [0.15, 0.2) is 0 Å². The minimum atomic E-state index is -0.831. The molecule has 0 saturated heterocycles. The van der Waals surface area contributed by atoms with Crippen LogP contribution in [0.15, 0.2) is 22.8 Å². The van der Waals surface area contributed by atoms with E-state index in [1.54, 1.807) is 12.1 Å². The van der Waals surface area contributed by atoms with Crippen LogP contribution in [-0.2, 0) is 4.74 Å². The fourth-order valence-corrected chi connectivity index (χ4v) is 2.63. The van der Waals surface area contributed by atoms with Crippen molar-refractivity contribution >= 4 is 6.03 Å². The molecule has 1 aliphatic carbocycles. The van der Waals surface area contributed by atoms with Crippen LogP contribution in [-0.4, -0.2) is 36.9 Å². The maximum Gasteiger partial charge on any atom is 0.314 e. The minimum Gasteiger partial charge on any atom is -0.467 e. The van der Waals surface area contributed by atoms with Crippen LogP contribution in [0, 0.1) is 0 Å². The normalized spacial score (nSPS) is 17.7. The molecule has 1 aromatic rings. The first-order chi connectivity index (χ1) is 10.8. The highest BCUT2D eigenvalue weighted by Crippen LogP contribution is 2.19. The molecule has 3 N–H and O–H groups in total. The van der Waals surface area contributed by atoms with E-state index >= 15 is 0 Å². The van der Waals surface area contributed by atoms with Gasteiger partial charge < -0.3 is 24.9 Å². The van der Waals surface area contributed by atoms with Gasteiger partial charge in [-0.3, -0.25) is 0 Å². The third-order valence-electron chi connectivity index (χ3n) is 3.87. The monoisotopic (exact) mass is 310 g/mol. The number of amides is 2. The molecule has 1 aliphatic rings. The summed E-state index contributed by atoms with van der Waals surface area (Å²) in [6.45, 7) is 1.11. The summed E-state index contributed by atoms with van der Waals surface area (Å²) in [4.78, 5) is 11.6. The van der Waals surface area contributed by atoms with Gasteiger partial charge in [0.1, 0.15) is 11.9 Å². The molecular formula is C16H26N2O4. The zero-order valence-electron chi connectivity index (χ0n) is 12.9. The number of nitrogens with one attached hydrogen (secondary N) is 2. The first-order valence-corrected chi connectivity index (χ1v) is 8.10. The van der Waals surface area contributed by atoms with E-state index in [-0.39, 0.29) is 12.6 Å². The van der Waals surface area contributed by atoms with Gasteiger partial charge in [0.2, 0.25) is 0 Å². The Labute approximate surface area is 131 Å². The minimum absolute atomic E-state index is 0.114. The zero-order chi connectivity index (χ0) is 15.6. The van der Waals surface area contributed by atoms with Crippen LogP contribution < -0.4 is 10.6 Å². The average molecular weight is 310 g/mol. The van der Waals surface area contributed by atoms with Crippen molar-refractivity contribution in [1.82, 2.24) is 10.6 Å². The Morgan fingerprint density at radius 3 is 2.77 bits per heavy atom. The van der Waals surface area contributed by atoms with Gasteiger partial charge in [-0.15, -0.1) is 0 Å². The highest BCUT2D eigenvalue weighted by atomic mass is 16.5. The molecule has 0 aromatic carbocycles. The zero-order valence-corrected chi connectivity index (χ0v) is 12.9. The van der Waals surface area contributed by atoms with E-state index in [9.17, 15) is 9.90 Å². The van der Waals surface area contributed by atoms with Crippen LogP contribution >= 0.6 is 0 Å². The number of ether oxygens (including phenoxy) is 1. The van der Waals surface area contributed by atoms with Crippen LogP contribution in [0.4, 0.5) is 4.79 Å². The van der Waals surface area contributed by atoms with Gasteiger partial charge in [-0.05, 0) is 25.0 Å². The van der Waals surface area contributed by atoms with E-state index < -0.39 is 6.10 Å². The summed E-state index contributed by atoms with van der Waals surface area (Å²) in [6, 6.07) is 3.06. The average Bonchev–Trinajstić information content (AvgIpc) is 2.94. The van der Waals surface area contributed by atoms with Gasteiger partial charge in [-0.1, -0.05) is 25.7 Å². The van der Waals surface area contributed by atoms with Crippen molar-refractivity contribution in [3.63, 3.8) is 0 Å². The number of hydrogen-bond acceptors (Lipinski definition) is 4. The molecule has 2 rings (SSSR count). The van der Waals surface area contributed by atoms with Crippen molar-refractivity contribution in [3.8, 4) is 0 Å². The lowest BCUT2D eigenvalue weighted by molar-refractivity contribution is 0.0460. The largest absolute Gasteiger partial charge is 0.467 e. The predicted molar refractivity (Wildman–Crippen MR) is 82.5 cm³/mol. The number of furan rings is 1. The molecule has 124 valence electrons. The summed E-state index contributed by atoms with van der Waals surface area (Å²) >= 11 is 0. The molecule has 1 aromatic heterocycles. The molecule has 0 aliphatic heterocycles. The first-order valence-electron chi connectivity index (χ1n) is 8.10. The van der Waals surface area contributed by atoms with Gasteiger partial charge in [-0.2, -0.15) is 0 Å². The van der Waals surface area contributed by atoms with E-state index in [4.69, 9.17) is 9.15 Å². The van der Waals surface area contributed by atoms with Crippen LogP contribution in [0.3, 0.4) is 0 Å². The Kier molecular flexibility index (Phi) is 7.25. The number of carbonyl (C=O) groups excluding carboxylic acids is 1. The summed E-state index contributed by atoms with van der Waals surface area (Å²) < 4.78 is 10.9. The van der Waals surface area contributed by atoms with Crippen molar-refractivity contribution in [2.45, 2.75) is 50.7 Å². The van der Waals surface area contributed by atoms with Crippen molar-refractivity contribution in [3.05, 3.63) is 24.2 Å². The molecule has 6 heteroatoms. The standard InChI is InChI=1S/C16H26N2O4/c19-14(15-8-5-10-22-15)12-18-16(20)17-9-11-21-13-6-3-1-2-4-7-13/h5,8,10,13-14,19H,1-4,6-7,9,11-12H2,(H2,17,18,20). The van der Waals surface area contributed by atoms with Crippen molar-refractivity contribution < 1.29 is 19.1 Å². The van der Waals surface area contributed by atoms with Gasteiger partial charge in [0.05, 0.1) is 25.5 Å². The van der Waals surface area contributed by atoms with Crippen LogP contribution in [0.5, 0.6) is 0 Å². The second-order valence-electron chi connectivity index (χ2n) is 5.65. The number of rotatable bonds is 7. The predicted octanol–water partition coefficient (Wildman–Crippen LogP) is 2.35. The van der Waals surface area contributed by atoms with Gasteiger partial charge >= 0.3 is 6.03 Å². The van der Waals surface area contributed by atoms with E-state index in [1.807, 2.05) is 0 Å². The molecule has 2 amide bonds. The van der Waals surface area contributed by atoms with E-state index in [0.717, 1.165) is 12.8 Å². The molecule has 1 saturated carbocycles. The number of urea groups is 1. The molecule has 6 nitrogen and oxygen atoms in total. The number of carbonyl (C=O) groups is 1. The maximum absolute atomic E-state index is 11.6. The summed E-state index contributed by atoms with van der Waals surface area (Å²) in [5, 5.41) is 15.1. The Morgan fingerprint density at radius 1 is 1.32 bits per heavy atom. The Balaban J connectivity index is 1.52. The Hall–Kier alpha value is -1.53. The Bertz CT molecular complexity index is 414. The summed E-state index contributed by atoms with van der Waals surface area (Å²) in [7, 11) is 0. The topological polar surface area (TPSA) is 83.7 Å². The lowest BCUT2D eigenvalue weighted by Gasteiger charge is -2.16. The summed E-state index contributed by atoms with van der Waals surface area (Å²) in [6.07, 6.45) is 8.34. The van der Waals surface area contributed by atoms with Crippen LogP contribution in [0.25, 0.3) is 0 Å². The number of aliphatic hydroxyl groups excluding tert-OH is 1.